The number of thiocarbonyl (C=S) groups is 1. The lowest BCUT2D eigenvalue weighted by Gasteiger charge is -2.14. The molecule has 3 aromatic rings. The van der Waals surface area contributed by atoms with Gasteiger partial charge in [0.25, 0.3) is 5.91 Å². The van der Waals surface area contributed by atoms with Crippen molar-refractivity contribution in [2.24, 2.45) is 0 Å². The van der Waals surface area contributed by atoms with Crippen LogP contribution in [-0.4, -0.2) is 30.7 Å². The molecule has 33 heavy (non-hydrogen) atoms. The molecule has 0 saturated carbocycles. The van der Waals surface area contributed by atoms with Crippen LogP contribution in [0.5, 0.6) is 11.5 Å². The van der Waals surface area contributed by atoms with E-state index in [2.05, 4.69) is 0 Å². The van der Waals surface area contributed by atoms with E-state index < -0.39 is 10.1 Å². The smallest absolute Gasteiger partial charge is 0.339 e. The van der Waals surface area contributed by atoms with Gasteiger partial charge < -0.3 is 8.92 Å². The van der Waals surface area contributed by atoms with Gasteiger partial charge in [0.2, 0.25) is 0 Å². The maximum Gasteiger partial charge on any atom is 0.339 e. The van der Waals surface area contributed by atoms with Gasteiger partial charge in [0.05, 0.1) is 18.6 Å². The van der Waals surface area contributed by atoms with E-state index in [-0.39, 0.29) is 16.6 Å². The van der Waals surface area contributed by atoms with Gasteiger partial charge in [-0.3, -0.25) is 9.69 Å². The highest BCUT2D eigenvalue weighted by atomic mass is 32.2. The zero-order valence-corrected chi connectivity index (χ0v) is 20.0. The summed E-state index contributed by atoms with van der Waals surface area (Å²) in [6.45, 7) is 0.354. The lowest BCUT2D eigenvalue weighted by atomic mass is 10.1. The van der Waals surface area contributed by atoms with Crippen LogP contribution >= 0.6 is 24.0 Å². The fourth-order valence-electron chi connectivity index (χ4n) is 3.14. The molecule has 168 valence electrons. The van der Waals surface area contributed by atoms with Crippen LogP contribution in [0.3, 0.4) is 0 Å². The third-order valence-corrected chi connectivity index (χ3v) is 7.42. The van der Waals surface area contributed by atoms with E-state index in [4.69, 9.17) is 21.1 Å². The van der Waals surface area contributed by atoms with Gasteiger partial charge in [-0.15, -0.1) is 0 Å². The number of amides is 1. The Labute approximate surface area is 202 Å². The van der Waals surface area contributed by atoms with Gasteiger partial charge >= 0.3 is 10.1 Å². The standard InChI is InChI=1S/C24H19NO5S3/c1-29-19-12-13-21(30-33(27,28)20-10-6-3-7-11-20)18(14-19)15-22-23(26)25(24(31)32-22)16-17-8-4-2-5-9-17/h2-15H,16H2,1H3. The Hall–Kier alpha value is -3.14. The van der Waals surface area contributed by atoms with Crippen LogP contribution in [0.25, 0.3) is 6.08 Å². The molecular weight excluding hydrogens is 478 g/mol. The number of methoxy groups -OCH3 is 1. The van der Waals surface area contributed by atoms with Gasteiger partial charge in [0.1, 0.15) is 15.0 Å². The number of benzene rings is 3. The number of thioether (sulfide) groups is 1. The monoisotopic (exact) mass is 497 g/mol. The number of hydrogen-bond acceptors (Lipinski definition) is 7. The second kappa shape index (κ2) is 9.78. The summed E-state index contributed by atoms with van der Waals surface area (Å²) < 4.78 is 36.6. The van der Waals surface area contributed by atoms with Crippen LogP contribution < -0.4 is 8.92 Å². The number of carbonyl (C=O) groups excluding carboxylic acids is 1. The molecule has 0 N–H and O–H groups in total. The van der Waals surface area contributed by atoms with Gasteiger partial charge in [-0.05, 0) is 42.0 Å². The van der Waals surface area contributed by atoms with Crippen LogP contribution in [0.1, 0.15) is 11.1 Å². The quantitative estimate of drug-likeness (QED) is 0.262. The van der Waals surface area contributed by atoms with Crippen LogP contribution in [-0.2, 0) is 21.5 Å². The van der Waals surface area contributed by atoms with Crippen molar-refractivity contribution in [1.29, 1.82) is 0 Å². The molecule has 6 nitrogen and oxygen atoms in total. The normalized spacial score (nSPS) is 15.2. The van der Waals surface area contributed by atoms with E-state index in [1.807, 2.05) is 30.3 Å². The highest BCUT2D eigenvalue weighted by Gasteiger charge is 2.32. The molecule has 0 aliphatic carbocycles. The predicted molar refractivity (Wildman–Crippen MR) is 132 cm³/mol. The first-order valence-corrected chi connectivity index (χ1v) is 12.5. The number of ether oxygens (including phenoxy) is 1. The molecule has 1 heterocycles. The Morgan fingerprint density at radius 3 is 2.33 bits per heavy atom. The van der Waals surface area contributed by atoms with Crippen molar-refractivity contribution in [2.45, 2.75) is 11.4 Å². The zero-order chi connectivity index (χ0) is 23.4. The highest BCUT2D eigenvalue weighted by Crippen LogP contribution is 2.36. The Morgan fingerprint density at radius 1 is 1.00 bits per heavy atom. The average molecular weight is 498 g/mol. The molecule has 0 radical (unpaired) electrons. The van der Waals surface area contributed by atoms with Crippen molar-refractivity contribution < 1.29 is 22.1 Å². The van der Waals surface area contributed by atoms with E-state index in [0.29, 0.717) is 27.1 Å². The third kappa shape index (κ3) is 5.27. The van der Waals surface area contributed by atoms with Crippen LogP contribution in [0.15, 0.2) is 88.7 Å². The van der Waals surface area contributed by atoms with Crippen molar-refractivity contribution in [2.75, 3.05) is 7.11 Å². The summed E-state index contributed by atoms with van der Waals surface area (Å²) >= 11 is 6.57. The first-order chi connectivity index (χ1) is 15.9. The van der Waals surface area contributed by atoms with Gasteiger partial charge in [-0.1, -0.05) is 72.5 Å². The van der Waals surface area contributed by atoms with E-state index in [1.165, 1.54) is 30.2 Å². The number of hydrogen-bond donors (Lipinski definition) is 0. The molecule has 0 aromatic heterocycles. The van der Waals surface area contributed by atoms with Crippen molar-refractivity contribution >= 4 is 50.4 Å². The van der Waals surface area contributed by atoms with E-state index in [0.717, 1.165) is 17.3 Å². The molecule has 0 bridgehead atoms. The first-order valence-electron chi connectivity index (χ1n) is 9.84. The van der Waals surface area contributed by atoms with Gasteiger partial charge in [0.15, 0.2) is 5.75 Å². The molecule has 3 aromatic carbocycles. The molecule has 1 amide bonds. The van der Waals surface area contributed by atoms with Gasteiger partial charge in [-0.25, -0.2) is 0 Å². The van der Waals surface area contributed by atoms with Crippen LogP contribution in [0.2, 0.25) is 0 Å². The number of carbonyl (C=O) groups is 1. The SMILES string of the molecule is COc1ccc(OS(=O)(=O)c2ccccc2)c(C=C2SC(=S)N(Cc3ccccc3)C2=O)c1. The highest BCUT2D eigenvalue weighted by molar-refractivity contribution is 8.26. The molecule has 0 spiro atoms. The minimum atomic E-state index is -4.06. The number of nitrogens with zero attached hydrogens (tertiary/aromatic N) is 1. The van der Waals surface area contributed by atoms with Crippen molar-refractivity contribution in [3.8, 4) is 11.5 Å². The Balaban J connectivity index is 1.66. The molecule has 1 saturated heterocycles. The molecule has 4 rings (SSSR count). The summed E-state index contributed by atoms with van der Waals surface area (Å²) in [4.78, 5) is 15.0. The van der Waals surface area contributed by atoms with Gasteiger partial charge in [-0.2, -0.15) is 8.42 Å². The summed E-state index contributed by atoms with van der Waals surface area (Å²) in [5.41, 5.74) is 1.34. The van der Waals surface area contributed by atoms with Crippen molar-refractivity contribution in [1.82, 2.24) is 4.90 Å². The first kappa shape index (κ1) is 23.0. The van der Waals surface area contributed by atoms with Crippen LogP contribution in [0, 0.1) is 0 Å². The maximum absolute atomic E-state index is 13.1. The molecule has 1 aliphatic rings. The molecule has 0 unspecified atom stereocenters. The minimum absolute atomic E-state index is 0.0287. The van der Waals surface area contributed by atoms with Crippen molar-refractivity contribution in [3.05, 3.63) is 94.9 Å². The second-order valence-corrected chi connectivity index (χ2v) is 10.2. The lowest BCUT2D eigenvalue weighted by molar-refractivity contribution is -0.122. The fourth-order valence-corrected chi connectivity index (χ4v) is 5.36. The fraction of sp³-hybridized carbons (Fsp3) is 0.0833. The van der Waals surface area contributed by atoms with Gasteiger partial charge in [0, 0.05) is 5.56 Å². The molecule has 9 heteroatoms. The van der Waals surface area contributed by atoms with E-state index in [1.54, 1.807) is 36.4 Å². The Morgan fingerprint density at radius 2 is 1.67 bits per heavy atom. The molecule has 1 aliphatic heterocycles. The summed E-state index contributed by atoms with van der Waals surface area (Å²) in [6.07, 6.45) is 1.57. The average Bonchev–Trinajstić information content (AvgIpc) is 3.08. The maximum atomic E-state index is 13.1. The predicted octanol–water partition coefficient (Wildman–Crippen LogP) is 4.86. The molecule has 0 atom stereocenters. The lowest BCUT2D eigenvalue weighted by Crippen LogP contribution is -2.27. The Kier molecular flexibility index (Phi) is 6.83. The summed E-state index contributed by atoms with van der Waals surface area (Å²) in [5.74, 6) is 0.312. The summed E-state index contributed by atoms with van der Waals surface area (Å²) in [5, 5.41) is 0. The van der Waals surface area contributed by atoms with E-state index >= 15 is 0 Å². The topological polar surface area (TPSA) is 72.9 Å². The van der Waals surface area contributed by atoms with Crippen molar-refractivity contribution in [3.63, 3.8) is 0 Å². The summed E-state index contributed by atoms with van der Waals surface area (Å²) in [6, 6.07) is 22.1. The second-order valence-electron chi connectivity index (χ2n) is 7.01. The van der Waals surface area contributed by atoms with Crippen LogP contribution in [0.4, 0.5) is 0 Å². The molecular formula is C24H19NO5S3. The number of rotatable bonds is 7. The third-order valence-electron chi connectivity index (χ3n) is 4.79. The Bertz CT molecular complexity index is 1320. The zero-order valence-electron chi connectivity index (χ0n) is 17.5. The van der Waals surface area contributed by atoms with E-state index in [9.17, 15) is 13.2 Å². The largest absolute Gasteiger partial charge is 0.497 e. The summed E-state index contributed by atoms with van der Waals surface area (Å²) in [7, 11) is -2.56. The minimum Gasteiger partial charge on any atom is -0.497 e. The molecule has 1 fully saturated rings.